The summed E-state index contributed by atoms with van der Waals surface area (Å²) in [4.78, 5) is 4.53. The van der Waals surface area contributed by atoms with Crippen LogP contribution in [0.2, 0.25) is 0 Å². The molecule has 0 fully saturated rings. The zero-order valence-electron chi connectivity index (χ0n) is 8.30. The molecule has 1 aromatic rings. The van der Waals surface area contributed by atoms with E-state index in [0.29, 0.717) is 3.92 Å². The summed E-state index contributed by atoms with van der Waals surface area (Å²) in [6.45, 7) is 5.14. The van der Waals surface area contributed by atoms with Crippen LogP contribution >= 0.6 is 45.2 Å². The molecule has 0 amide bonds. The van der Waals surface area contributed by atoms with Gasteiger partial charge in [0.25, 0.3) is 0 Å². The molecule has 0 saturated heterocycles. The van der Waals surface area contributed by atoms with Crippen molar-refractivity contribution in [3.63, 3.8) is 0 Å². The molecule has 0 aliphatic heterocycles. The van der Waals surface area contributed by atoms with Crippen LogP contribution in [0.4, 0.5) is 0 Å². The average Bonchev–Trinajstić information content (AvgIpc) is 2.15. The Balaban J connectivity index is 2.73. The third-order valence-corrected chi connectivity index (χ3v) is 2.96. The van der Waals surface area contributed by atoms with Crippen LogP contribution in [0.3, 0.4) is 0 Å². The molecule has 0 spiro atoms. The molecule has 3 heteroatoms. The first-order valence-electron chi connectivity index (χ1n) is 4.50. The second-order valence-electron chi connectivity index (χ2n) is 3.21. The van der Waals surface area contributed by atoms with Gasteiger partial charge in [0.1, 0.15) is 0 Å². The number of rotatable bonds is 3. The zero-order chi connectivity index (χ0) is 10.6. The minimum Gasteiger partial charge on any atom is -0.288 e. The van der Waals surface area contributed by atoms with Crippen LogP contribution in [0.15, 0.2) is 29.3 Å². The van der Waals surface area contributed by atoms with Gasteiger partial charge in [-0.1, -0.05) is 41.6 Å². The summed E-state index contributed by atoms with van der Waals surface area (Å²) in [7, 11) is 0. The van der Waals surface area contributed by atoms with Gasteiger partial charge in [0.05, 0.1) is 6.54 Å². The largest absolute Gasteiger partial charge is 0.288 e. The smallest absolute Gasteiger partial charge is 0.0507 e. The highest BCUT2D eigenvalue weighted by Crippen LogP contribution is 2.08. The third-order valence-electron chi connectivity index (χ3n) is 1.84. The van der Waals surface area contributed by atoms with Crippen molar-refractivity contribution in [2.75, 3.05) is 6.54 Å². The predicted molar refractivity (Wildman–Crippen MR) is 79.7 cm³/mol. The van der Waals surface area contributed by atoms with Gasteiger partial charge in [0, 0.05) is 13.2 Å². The molecule has 76 valence electrons. The van der Waals surface area contributed by atoms with E-state index in [0.717, 1.165) is 12.3 Å². The average molecular weight is 413 g/mol. The molecule has 1 aromatic carbocycles. The second-order valence-corrected chi connectivity index (χ2v) is 6.59. The van der Waals surface area contributed by atoms with Gasteiger partial charge in [-0.2, -0.15) is 0 Å². The summed E-state index contributed by atoms with van der Waals surface area (Å²) in [5.74, 6) is 0. The van der Waals surface area contributed by atoms with Gasteiger partial charge in [0.2, 0.25) is 0 Å². The van der Waals surface area contributed by atoms with E-state index in [1.807, 2.05) is 0 Å². The van der Waals surface area contributed by atoms with Gasteiger partial charge in [-0.15, -0.1) is 0 Å². The van der Waals surface area contributed by atoms with Crippen LogP contribution in [0.1, 0.15) is 19.4 Å². The molecule has 14 heavy (non-hydrogen) atoms. The van der Waals surface area contributed by atoms with E-state index < -0.39 is 0 Å². The first-order valence-corrected chi connectivity index (χ1v) is 6.83. The maximum absolute atomic E-state index is 4.53. The van der Waals surface area contributed by atoms with Crippen LogP contribution in [-0.4, -0.2) is 16.2 Å². The molecule has 0 heterocycles. The Morgan fingerprint density at radius 2 is 1.93 bits per heavy atom. The van der Waals surface area contributed by atoms with Crippen LogP contribution in [-0.2, 0) is 0 Å². The summed E-state index contributed by atoms with van der Waals surface area (Å²) in [6.07, 6.45) is 0. The lowest BCUT2D eigenvalue weighted by molar-refractivity contribution is 0.982. The molecular weight excluding hydrogens is 400 g/mol. The van der Waals surface area contributed by atoms with Gasteiger partial charge >= 0.3 is 0 Å². The number of nitrogens with zero attached hydrogens (tertiary/aromatic N) is 1. The fourth-order valence-electron chi connectivity index (χ4n) is 1.05. The predicted octanol–water partition coefficient (Wildman–Crippen LogP) is 3.92. The number of alkyl halides is 1. The first-order chi connectivity index (χ1) is 6.59. The summed E-state index contributed by atoms with van der Waals surface area (Å²) in [5, 5.41) is 0. The Morgan fingerprint density at radius 3 is 2.43 bits per heavy atom. The van der Waals surface area contributed by atoms with E-state index >= 15 is 0 Å². The Labute approximate surface area is 113 Å². The van der Waals surface area contributed by atoms with Crippen molar-refractivity contribution in [3.05, 3.63) is 33.4 Å². The van der Waals surface area contributed by atoms with E-state index in [2.05, 4.69) is 88.3 Å². The van der Waals surface area contributed by atoms with Crippen molar-refractivity contribution in [1.29, 1.82) is 0 Å². The van der Waals surface area contributed by atoms with E-state index in [4.69, 9.17) is 0 Å². The molecule has 1 rings (SSSR count). The fraction of sp³-hybridized carbons (Fsp3) is 0.364. The molecule has 1 atom stereocenters. The Kier molecular flexibility index (Phi) is 5.36. The second kappa shape index (κ2) is 6.05. The fourth-order valence-corrected chi connectivity index (χ4v) is 1.60. The number of aliphatic imine (C=N–C) groups is 1. The lowest BCUT2D eigenvalue weighted by Gasteiger charge is -2.02. The van der Waals surface area contributed by atoms with Gasteiger partial charge in [-0.25, -0.2) is 0 Å². The van der Waals surface area contributed by atoms with Gasteiger partial charge < -0.3 is 0 Å². The van der Waals surface area contributed by atoms with Crippen molar-refractivity contribution in [1.82, 2.24) is 0 Å². The van der Waals surface area contributed by atoms with Crippen LogP contribution in [0.5, 0.6) is 0 Å². The third kappa shape index (κ3) is 4.25. The number of halogens is 2. The highest BCUT2D eigenvalue weighted by Gasteiger charge is 1.98. The van der Waals surface area contributed by atoms with E-state index in [1.165, 1.54) is 9.13 Å². The summed E-state index contributed by atoms with van der Waals surface area (Å²) >= 11 is 4.70. The summed E-state index contributed by atoms with van der Waals surface area (Å²) in [5.41, 5.74) is 2.35. The lowest BCUT2D eigenvalue weighted by Crippen LogP contribution is -2.01. The Bertz CT molecular complexity index is 315. The van der Waals surface area contributed by atoms with Crippen LogP contribution < -0.4 is 0 Å². The molecule has 1 unspecified atom stereocenters. The highest BCUT2D eigenvalue weighted by molar-refractivity contribution is 14.1. The van der Waals surface area contributed by atoms with Gasteiger partial charge in [0.15, 0.2) is 0 Å². The number of hydrogen-bond acceptors (Lipinski definition) is 1. The quantitative estimate of drug-likeness (QED) is 0.405. The lowest BCUT2D eigenvalue weighted by atomic mass is 10.1. The molecular formula is C11H13I2N. The zero-order valence-corrected chi connectivity index (χ0v) is 12.6. The number of hydrogen-bond donors (Lipinski definition) is 0. The van der Waals surface area contributed by atoms with Crippen molar-refractivity contribution in [3.8, 4) is 0 Å². The van der Waals surface area contributed by atoms with Crippen molar-refractivity contribution < 1.29 is 0 Å². The number of benzene rings is 1. The van der Waals surface area contributed by atoms with Crippen LogP contribution in [0.25, 0.3) is 0 Å². The standard InChI is InChI=1S/C11H13I2N/c1-8(12)7-14-9(2)10-3-5-11(13)6-4-10/h3-6,8H,7H2,1-2H3. The first kappa shape index (κ1) is 12.4. The van der Waals surface area contributed by atoms with Crippen molar-refractivity contribution >= 4 is 50.9 Å². The molecule has 1 nitrogen and oxygen atoms in total. The van der Waals surface area contributed by atoms with E-state index in [1.54, 1.807) is 0 Å². The maximum atomic E-state index is 4.53. The topological polar surface area (TPSA) is 12.4 Å². The van der Waals surface area contributed by atoms with Crippen molar-refractivity contribution in [2.45, 2.75) is 17.8 Å². The van der Waals surface area contributed by atoms with Crippen LogP contribution in [0, 0.1) is 3.57 Å². The summed E-state index contributed by atoms with van der Waals surface area (Å²) in [6, 6.07) is 8.47. The monoisotopic (exact) mass is 413 g/mol. The normalized spacial score (nSPS) is 14.1. The Hall–Kier alpha value is 0.350. The molecule has 0 aliphatic rings. The molecule has 0 aromatic heterocycles. The van der Waals surface area contributed by atoms with Gasteiger partial charge in [-0.05, 0) is 47.2 Å². The molecule has 0 bridgehead atoms. The summed E-state index contributed by atoms with van der Waals surface area (Å²) < 4.78 is 1.87. The van der Waals surface area contributed by atoms with Gasteiger partial charge in [-0.3, -0.25) is 4.99 Å². The minimum atomic E-state index is 0.603. The molecule has 0 saturated carbocycles. The highest BCUT2D eigenvalue weighted by atomic mass is 127. The van der Waals surface area contributed by atoms with E-state index in [-0.39, 0.29) is 0 Å². The molecule has 0 aliphatic carbocycles. The maximum Gasteiger partial charge on any atom is 0.0507 e. The SMILES string of the molecule is CC(=NCC(C)I)c1ccc(I)cc1. The minimum absolute atomic E-state index is 0.603. The molecule has 0 radical (unpaired) electrons. The van der Waals surface area contributed by atoms with Crippen molar-refractivity contribution in [2.24, 2.45) is 4.99 Å². The Morgan fingerprint density at radius 1 is 1.36 bits per heavy atom. The van der Waals surface area contributed by atoms with E-state index in [9.17, 15) is 0 Å². The molecule has 0 N–H and O–H groups in total.